The molecule has 0 atom stereocenters. The van der Waals surface area contributed by atoms with Crippen LogP contribution in [-0.4, -0.2) is 9.97 Å². The SMILES string of the molecule is Fc1cc(Br)c2cncnc2c1. The first-order valence-corrected chi connectivity index (χ1v) is 4.11. The van der Waals surface area contributed by atoms with Crippen LogP contribution in [0, 0.1) is 5.82 Å². The summed E-state index contributed by atoms with van der Waals surface area (Å²) in [5.41, 5.74) is 0.608. The lowest BCUT2D eigenvalue weighted by atomic mass is 10.2. The zero-order chi connectivity index (χ0) is 8.55. The molecule has 0 fully saturated rings. The normalized spacial score (nSPS) is 10.5. The molecule has 2 rings (SSSR count). The number of rotatable bonds is 0. The van der Waals surface area contributed by atoms with Crippen LogP contribution >= 0.6 is 15.9 Å². The van der Waals surface area contributed by atoms with E-state index in [1.807, 2.05) is 0 Å². The van der Waals surface area contributed by atoms with Crippen LogP contribution in [0.3, 0.4) is 0 Å². The van der Waals surface area contributed by atoms with Gasteiger partial charge in [-0.15, -0.1) is 0 Å². The maximum Gasteiger partial charge on any atom is 0.126 e. The van der Waals surface area contributed by atoms with E-state index in [0.29, 0.717) is 9.99 Å². The highest BCUT2D eigenvalue weighted by atomic mass is 79.9. The summed E-state index contributed by atoms with van der Waals surface area (Å²) in [5.74, 6) is -0.298. The van der Waals surface area contributed by atoms with Gasteiger partial charge in [0.1, 0.15) is 12.1 Å². The molecule has 2 nitrogen and oxygen atoms in total. The van der Waals surface area contributed by atoms with E-state index in [9.17, 15) is 4.39 Å². The summed E-state index contributed by atoms with van der Waals surface area (Å²) in [6, 6.07) is 2.77. The number of hydrogen-bond acceptors (Lipinski definition) is 2. The Bertz CT molecular complexity index is 430. The van der Waals surface area contributed by atoms with Gasteiger partial charge in [-0.05, 0) is 22.0 Å². The molecule has 12 heavy (non-hydrogen) atoms. The average molecular weight is 227 g/mol. The molecule has 2 aromatic rings. The fourth-order valence-corrected chi connectivity index (χ4v) is 1.53. The third-order valence-corrected chi connectivity index (χ3v) is 2.20. The van der Waals surface area contributed by atoms with Crippen molar-refractivity contribution in [2.24, 2.45) is 0 Å². The van der Waals surface area contributed by atoms with Crippen LogP contribution in [-0.2, 0) is 0 Å². The van der Waals surface area contributed by atoms with Crippen LogP contribution in [0.25, 0.3) is 10.9 Å². The molecule has 1 aromatic heterocycles. The summed E-state index contributed by atoms with van der Waals surface area (Å²) in [4.78, 5) is 7.76. The summed E-state index contributed by atoms with van der Waals surface area (Å²) >= 11 is 3.23. The molecule has 0 saturated carbocycles. The average Bonchev–Trinajstić information content (AvgIpc) is 2.04. The van der Waals surface area contributed by atoms with Crippen molar-refractivity contribution < 1.29 is 4.39 Å². The number of aromatic nitrogens is 2. The van der Waals surface area contributed by atoms with Gasteiger partial charge in [0.05, 0.1) is 5.52 Å². The highest BCUT2D eigenvalue weighted by Gasteiger charge is 2.01. The van der Waals surface area contributed by atoms with Crippen molar-refractivity contribution in [1.29, 1.82) is 0 Å². The third-order valence-electron chi connectivity index (χ3n) is 1.54. The van der Waals surface area contributed by atoms with Crippen molar-refractivity contribution in [2.45, 2.75) is 0 Å². The molecule has 1 aromatic carbocycles. The standard InChI is InChI=1S/C8H4BrFN2/c9-7-1-5(10)2-8-6(7)3-11-4-12-8/h1-4H. The summed E-state index contributed by atoms with van der Waals surface area (Å²) in [7, 11) is 0. The Balaban J connectivity index is 2.89. The smallest absolute Gasteiger partial charge is 0.126 e. The molecule has 0 aliphatic rings. The van der Waals surface area contributed by atoms with E-state index in [0.717, 1.165) is 5.39 Å². The van der Waals surface area contributed by atoms with Gasteiger partial charge in [0.15, 0.2) is 0 Å². The Labute approximate surface area is 76.6 Å². The van der Waals surface area contributed by atoms with Gasteiger partial charge in [-0.1, -0.05) is 0 Å². The minimum atomic E-state index is -0.298. The Hall–Kier alpha value is -1.03. The molecule has 1 heterocycles. The fraction of sp³-hybridized carbons (Fsp3) is 0. The molecular formula is C8H4BrFN2. The predicted octanol–water partition coefficient (Wildman–Crippen LogP) is 2.53. The Morgan fingerprint density at radius 1 is 1.33 bits per heavy atom. The molecule has 60 valence electrons. The minimum Gasteiger partial charge on any atom is -0.244 e. The van der Waals surface area contributed by atoms with E-state index in [1.165, 1.54) is 18.5 Å². The van der Waals surface area contributed by atoms with E-state index >= 15 is 0 Å². The first-order chi connectivity index (χ1) is 5.77. The lowest BCUT2D eigenvalue weighted by molar-refractivity contribution is 0.628. The van der Waals surface area contributed by atoms with Crippen molar-refractivity contribution in [3.63, 3.8) is 0 Å². The van der Waals surface area contributed by atoms with E-state index in [1.54, 1.807) is 6.20 Å². The topological polar surface area (TPSA) is 25.8 Å². The quantitative estimate of drug-likeness (QED) is 0.691. The molecule has 0 bridgehead atoms. The summed E-state index contributed by atoms with van der Waals surface area (Å²) in [6.07, 6.45) is 3.04. The molecular weight excluding hydrogens is 223 g/mol. The van der Waals surface area contributed by atoms with Gasteiger partial charge < -0.3 is 0 Å². The van der Waals surface area contributed by atoms with Gasteiger partial charge in [-0.2, -0.15) is 0 Å². The Kier molecular flexibility index (Phi) is 1.77. The molecule has 0 spiro atoms. The molecule has 0 unspecified atom stereocenters. The molecule has 0 aliphatic heterocycles. The largest absolute Gasteiger partial charge is 0.244 e. The summed E-state index contributed by atoms with van der Waals surface area (Å²) in [5, 5.41) is 0.818. The van der Waals surface area contributed by atoms with E-state index in [4.69, 9.17) is 0 Å². The number of fused-ring (bicyclic) bond motifs is 1. The lowest BCUT2D eigenvalue weighted by Gasteiger charge is -1.97. The van der Waals surface area contributed by atoms with Gasteiger partial charge in [-0.3, -0.25) is 0 Å². The Morgan fingerprint density at radius 2 is 2.17 bits per heavy atom. The minimum absolute atomic E-state index is 0.298. The van der Waals surface area contributed by atoms with Crippen molar-refractivity contribution in [3.8, 4) is 0 Å². The van der Waals surface area contributed by atoms with Crippen LogP contribution in [0.2, 0.25) is 0 Å². The van der Waals surface area contributed by atoms with Crippen LogP contribution < -0.4 is 0 Å². The molecule has 0 saturated heterocycles. The van der Waals surface area contributed by atoms with Gasteiger partial charge in [-0.25, -0.2) is 14.4 Å². The summed E-state index contributed by atoms with van der Waals surface area (Å²) in [6.45, 7) is 0. The van der Waals surface area contributed by atoms with Gasteiger partial charge in [0.2, 0.25) is 0 Å². The third kappa shape index (κ3) is 1.18. The van der Waals surface area contributed by atoms with Crippen LogP contribution in [0.4, 0.5) is 4.39 Å². The maximum absolute atomic E-state index is 12.8. The van der Waals surface area contributed by atoms with Gasteiger partial charge in [0.25, 0.3) is 0 Å². The maximum atomic E-state index is 12.8. The second-order valence-electron chi connectivity index (χ2n) is 2.34. The van der Waals surface area contributed by atoms with E-state index in [2.05, 4.69) is 25.9 Å². The number of benzene rings is 1. The van der Waals surface area contributed by atoms with E-state index in [-0.39, 0.29) is 5.82 Å². The van der Waals surface area contributed by atoms with Crippen molar-refractivity contribution >= 4 is 26.8 Å². The van der Waals surface area contributed by atoms with Crippen LogP contribution in [0.5, 0.6) is 0 Å². The van der Waals surface area contributed by atoms with Crippen molar-refractivity contribution in [2.75, 3.05) is 0 Å². The highest BCUT2D eigenvalue weighted by Crippen LogP contribution is 2.22. The first-order valence-electron chi connectivity index (χ1n) is 3.32. The highest BCUT2D eigenvalue weighted by molar-refractivity contribution is 9.10. The second-order valence-corrected chi connectivity index (χ2v) is 3.20. The zero-order valence-corrected chi connectivity index (χ0v) is 7.55. The number of halogens is 2. The van der Waals surface area contributed by atoms with Gasteiger partial charge in [0, 0.05) is 22.1 Å². The lowest BCUT2D eigenvalue weighted by Crippen LogP contribution is -1.83. The van der Waals surface area contributed by atoms with Gasteiger partial charge >= 0.3 is 0 Å². The zero-order valence-electron chi connectivity index (χ0n) is 5.96. The molecule has 0 radical (unpaired) electrons. The monoisotopic (exact) mass is 226 g/mol. The van der Waals surface area contributed by atoms with Crippen molar-refractivity contribution in [1.82, 2.24) is 9.97 Å². The Morgan fingerprint density at radius 3 is 3.00 bits per heavy atom. The van der Waals surface area contributed by atoms with Crippen LogP contribution in [0.15, 0.2) is 29.1 Å². The molecule has 0 N–H and O–H groups in total. The second kappa shape index (κ2) is 2.79. The molecule has 4 heteroatoms. The van der Waals surface area contributed by atoms with Crippen molar-refractivity contribution in [3.05, 3.63) is 34.9 Å². The summed E-state index contributed by atoms with van der Waals surface area (Å²) < 4.78 is 13.5. The predicted molar refractivity (Wildman–Crippen MR) is 47.2 cm³/mol. The molecule has 0 aliphatic carbocycles. The van der Waals surface area contributed by atoms with E-state index < -0.39 is 0 Å². The number of nitrogens with zero attached hydrogens (tertiary/aromatic N) is 2. The molecule has 0 amide bonds. The fourth-order valence-electron chi connectivity index (χ4n) is 1.01. The number of hydrogen-bond donors (Lipinski definition) is 0. The first kappa shape index (κ1) is 7.61. The van der Waals surface area contributed by atoms with Crippen LogP contribution in [0.1, 0.15) is 0 Å².